The molecule has 4 N–H and O–H groups in total. The van der Waals surface area contributed by atoms with Crippen molar-refractivity contribution in [3.05, 3.63) is 233 Å². The molecule has 1 atom stereocenters. The van der Waals surface area contributed by atoms with E-state index in [-0.39, 0.29) is 60.0 Å². The summed E-state index contributed by atoms with van der Waals surface area (Å²) in [5.41, 5.74) is 18.1. The van der Waals surface area contributed by atoms with Crippen molar-refractivity contribution in [2.24, 2.45) is 0 Å². The maximum absolute atomic E-state index is 11.9. The predicted octanol–water partition coefficient (Wildman–Crippen LogP) is 21.1. The third-order valence-electron chi connectivity index (χ3n) is 15.8. The normalized spacial score (nSPS) is 11.0. The molecule has 1 saturated heterocycles. The Labute approximate surface area is 774 Å². The van der Waals surface area contributed by atoms with Gasteiger partial charge < -0.3 is 48.0 Å². The van der Waals surface area contributed by atoms with Crippen LogP contribution in [0.15, 0.2) is 188 Å². The van der Waals surface area contributed by atoms with Crippen molar-refractivity contribution in [3.63, 3.8) is 0 Å². The number of hydrogen-bond donors (Lipinski definition) is 3. The quantitative estimate of drug-likeness (QED) is 0.0167. The van der Waals surface area contributed by atoms with Crippen molar-refractivity contribution in [3.8, 4) is 0 Å². The van der Waals surface area contributed by atoms with E-state index in [1.165, 1.54) is 24.2 Å². The van der Waals surface area contributed by atoms with Crippen molar-refractivity contribution >= 4 is 255 Å². The summed E-state index contributed by atoms with van der Waals surface area (Å²) >= 11 is 35.9. The molecule has 15 aromatic heterocycles. The number of anilines is 1. The number of aromatic nitrogens is 15. The Morgan fingerprint density at radius 3 is 1.32 bits per heavy atom. The number of aliphatic hydroxyl groups excluding tert-OH is 1. The zero-order chi connectivity index (χ0) is 88.4. The molecule has 16 heterocycles. The Morgan fingerprint density at radius 2 is 0.935 bits per heavy atom. The zero-order valence-corrected chi connectivity index (χ0v) is 77.8. The number of ether oxygens (including phenoxy) is 4. The number of aryl methyl sites for hydroxylation is 3. The number of aliphatic hydroxyl groups is 1. The number of halogens is 10. The Balaban J connectivity index is 0.000000466. The molecule has 665 valence electrons. The van der Waals surface area contributed by atoms with E-state index in [2.05, 4.69) is 173 Å². The van der Waals surface area contributed by atoms with Crippen molar-refractivity contribution in [2.45, 2.75) is 114 Å². The van der Waals surface area contributed by atoms with E-state index < -0.39 is 42.8 Å². The minimum absolute atomic E-state index is 0. The van der Waals surface area contributed by atoms with Crippen molar-refractivity contribution in [2.75, 3.05) is 38.8 Å². The number of Topliss-reactive ketones (excluding diaryl/α,β-unsaturated/α-hetero) is 2. The van der Waals surface area contributed by atoms with Crippen LogP contribution in [0.4, 0.5) is 5.82 Å². The second kappa shape index (κ2) is 58.7. The molecule has 0 amide bonds. The molecule has 1 aliphatic heterocycles. The van der Waals surface area contributed by atoms with Gasteiger partial charge >= 0.3 is 62.7 Å². The van der Waals surface area contributed by atoms with Crippen LogP contribution < -0.4 is 11.3 Å². The molecule has 16 rings (SSSR count). The van der Waals surface area contributed by atoms with Gasteiger partial charge in [-0.1, -0.05) is 56.7 Å². The number of fused-ring (bicyclic) bond motifs is 12. The number of esters is 3. The molecule has 0 bridgehead atoms. The number of ketones is 2. The summed E-state index contributed by atoms with van der Waals surface area (Å²) in [4.78, 5) is 114. The van der Waals surface area contributed by atoms with Crippen molar-refractivity contribution in [1.29, 1.82) is 0 Å². The van der Waals surface area contributed by atoms with Gasteiger partial charge in [0.2, 0.25) is 15.0 Å². The fourth-order valence-corrected chi connectivity index (χ4v) is 11.0. The summed E-state index contributed by atoms with van der Waals surface area (Å²) < 4.78 is 43.3. The van der Waals surface area contributed by atoms with Crippen LogP contribution in [0.1, 0.15) is 115 Å². The van der Waals surface area contributed by atoms with Gasteiger partial charge in [-0.05, 0) is 204 Å². The molecule has 42 heteroatoms. The van der Waals surface area contributed by atoms with Gasteiger partial charge in [-0.3, -0.25) is 48.9 Å². The second-order valence-corrected chi connectivity index (χ2v) is 39.4. The topological polar surface area (TPSA) is 391 Å². The number of H-pyrrole nitrogens is 1. The first-order chi connectivity index (χ1) is 57.4. The van der Waals surface area contributed by atoms with Gasteiger partial charge in [-0.2, -0.15) is 0 Å². The van der Waals surface area contributed by atoms with E-state index >= 15 is 0 Å². The summed E-state index contributed by atoms with van der Waals surface area (Å²) in [5.74, 6) is -1.91. The number of nitrogens with two attached hydrogens (primary N) is 1. The molecule has 0 aliphatic carbocycles. The molecule has 0 saturated carbocycles. The number of carbonyl (C=O) groups is 5. The SMILES string of the molecule is C.C.C.C1CCOC1.CCOC(=O)C(=O)C(C)Br.CCOC(=O)C(=O)CC.CCOC(=O)c1nc2c3cccnc3ccn2c1C.Cc1c(CCl)nc2c3cccnc3ccn12.Cc1c(CO)nc2c3cccnc3ccn12.Clc1nccc2ncccc12.Nc1nccc2ncccc12.O=P(Cl)(Cl)Cl.O=S(Cl)Cl.O=c1[nH]ccc2ncccc12.[Br][Cu][Br]. The number of nitrogens with zero attached hydrogens (tertiary/aromatic N) is 14. The molecule has 0 radical (unpaired) electrons. The number of nitrogen functional groups attached to an aromatic ring is 1. The maximum atomic E-state index is 11.9. The van der Waals surface area contributed by atoms with Crippen LogP contribution >= 0.6 is 128 Å². The first kappa shape index (κ1) is 111. The average molecular weight is 2110 g/mol. The standard InChI is InChI=1S/C14H13N3O2.C12H10ClN3.C12H11N3O.C8H5ClN2.C8H7N3.C8H6N2O.C6H9BrO3.C6H10O3.C4H8O.3CH4.2BrH.Cl3OP.Cl2OS.Cu/c1-3-19-14(18)12-9(2)17-8-6-11-10(13(17)16-12)5-4-7-15-11;1-8-11(7-13)15-12-9-3-2-5-14-10(9)4-6-16(8)12;1-8-11(7-16)14-12-9-3-2-5-13-10(9)4-6-15(8)12;2*9-8-6-2-1-4-10-7(6)3-5-11-8;11-8-6-2-1-4-9-7(6)3-5-10-8;1-3-10-6(9)5(8)4(2)7;1-3-5(7)6(8)9-4-2;1-2-4-5-3-1;;;;;;1-5(2,3)4;1-4(2)3;/h4-8H,3H2,1-2H3;2-6H,7H2,1H3;2-6,16H,7H2,1H3;1-5H;1-5H,(H2,9,11);1-5H,(H,10,11);4H,3H2,1-2H3;3-4H2,1-2H3;1-4H2;3*1H4;2*1H;;;/q;;;;;;;;;;;;;;;;+2/p-2. The zero-order valence-electron chi connectivity index (χ0n) is 65.1. The van der Waals surface area contributed by atoms with Crippen LogP contribution in [0, 0.1) is 20.8 Å². The fraction of sp³-hybridized carbons (Fsp3) is 0.272. The number of alkyl halides is 2. The molecule has 1 fully saturated rings. The van der Waals surface area contributed by atoms with Crippen molar-refractivity contribution < 1.29 is 68.1 Å². The van der Waals surface area contributed by atoms with E-state index in [0.717, 1.165) is 119 Å². The third kappa shape index (κ3) is 35.9. The molecule has 0 spiro atoms. The number of rotatable bonds is 10. The van der Waals surface area contributed by atoms with Crippen LogP contribution in [0.25, 0.3) is 82.4 Å². The van der Waals surface area contributed by atoms with Crippen LogP contribution in [0.5, 0.6) is 0 Å². The van der Waals surface area contributed by atoms with Gasteiger partial charge in [0.25, 0.3) is 11.3 Å². The average Bonchev–Trinajstić information content (AvgIpc) is 1.64. The summed E-state index contributed by atoms with van der Waals surface area (Å²) in [7, 11) is 7.36. The third-order valence-corrected chi connectivity index (χ3v) is 16.8. The Bertz CT molecular complexity index is 5790. The summed E-state index contributed by atoms with van der Waals surface area (Å²) in [6.07, 6.45) is 23.9. The van der Waals surface area contributed by atoms with Crippen LogP contribution in [0.2, 0.25) is 5.15 Å². The summed E-state index contributed by atoms with van der Waals surface area (Å²) in [5, 5.41) is 11.9. The fourth-order valence-electron chi connectivity index (χ4n) is 10.3. The monoisotopic (exact) mass is 2100 g/mol. The summed E-state index contributed by atoms with van der Waals surface area (Å²) in [6.45, 7) is 17.0. The van der Waals surface area contributed by atoms with Gasteiger partial charge in [-0.15, -0.1) is 11.6 Å². The molecule has 29 nitrogen and oxygen atoms in total. The van der Waals surface area contributed by atoms with Crippen LogP contribution in [0.3, 0.4) is 0 Å². The minimum atomic E-state index is -3.22. The first-order valence-corrected chi connectivity index (χ1v) is 49.2. The van der Waals surface area contributed by atoms with Crippen LogP contribution in [-0.2, 0) is 75.7 Å². The van der Waals surface area contributed by atoms with Crippen molar-refractivity contribution in [1.82, 2.24) is 73.0 Å². The molecule has 1 aliphatic rings. The molecule has 0 aromatic carbocycles. The number of hydrogen-bond acceptors (Lipinski definition) is 25. The summed E-state index contributed by atoms with van der Waals surface area (Å²) in [6, 6.07) is 33.9. The van der Waals surface area contributed by atoms with Gasteiger partial charge in [0, 0.05) is 154 Å². The number of nitrogens with one attached hydrogen (secondary N) is 1. The molecular weight excluding hydrogens is 2020 g/mol. The number of imidazole rings is 3. The van der Waals surface area contributed by atoms with Gasteiger partial charge in [-0.25, -0.2) is 43.5 Å². The van der Waals surface area contributed by atoms with Gasteiger partial charge in [0.15, 0.2) is 5.69 Å². The molecule has 1 unspecified atom stereocenters. The van der Waals surface area contributed by atoms with E-state index in [0.29, 0.717) is 34.5 Å². The van der Waals surface area contributed by atoms with E-state index in [1.54, 1.807) is 109 Å². The Hall–Kier alpha value is -8.38. The number of carbonyl (C=O) groups excluding carboxylic acids is 5. The molecule has 15 aromatic rings. The predicted molar refractivity (Wildman–Crippen MR) is 503 cm³/mol. The Morgan fingerprint density at radius 1 is 0.569 bits per heavy atom. The first-order valence-electron chi connectivity index (χ1n) is 35.5. The van der Waals surface area contributed by atoms with Crippen LogP contribution in [-0.4, -0.2) is 150 Å². The Kier molecular flexibility index (Phi) is 52.9. The number of pyridine rings is 12. The van der Waals surface area contributed by atoms with E-state index in [1.807, 2.05) is 139 Å². The van der Waals surface area contributed by atoms with Gasteiger partial charge in [0.1, 0.15) is 27.9 Å². The molecular formula is C81H91Br3Cl7CuN16O13PS. The molecule has 123 heavy (non-hydrogen) atoms. The second-order valence-electron chi connectivity index (χ2n) is 23.5. The van der Waals surface area contributed by atoms with E-state index in [9.17, 15) is 38.4 Å². The van der Waals surface area contributed by atoms with E-state index in [4.69, 9.17) is 42.6 Å². The number of aromatic amines is 1. The van der Waals surface area contributed by atoms with Gasteiger partial charge in [0.05, 0.1) is 92.7 Å².